The van der Waals surface area contributed by atoms with E-state index >= 15 is 0 Å². The first-order valence-electron chi connectivity index (χ1n) is 2.05. The van der Waals surface area contributed by atoms with Crippen LogP contribution >= 0.6 is 15.9 Å². The normalized spacial score (nSPS) is 16.8. The highest BCUT2D eigenvalue weighted by molar-refractivity contribution is 9.09. The molecule has 0 aliphatic heterocycles. The van der Waals surface area contributed by atoms with Crippen LogP contribution in [-0.4, -0.2) is 27.8 Å². The molecule has 4 heteroatoms. The first kappa shape index (κ1) is 7.89. The summed E-state index contributed by atoms with van der Waals surface area (Å²) in [5.41, 5.74) is 0. The fourth-order valence-electron chi connectivity index (χ4n) is 0.181. The monoisotopic (exact) mass is 179 g/mol. The number of aliphatic hydroxyl groups is 2. The maximum Gasteiger partial charge on any atom is 0.155 e. The van der Waals surface area contributed by atoms with Gasteiger partial charge in [-0.2, -0.15) is 5.26 Å². The molecule has 0 amide bonds. The Morgan fingerprint density at radius 2 is 2.25 bits per heavy atom. The number of hydrogen-bond acceptors (Lipinski definition) is 3. The van der Waals surface area contributed by atoms with Gasteiger partial charge >= 0.3 is 0 Å². The van der Waals surface area contributed by atoms with E-state index in [0.717, 1.165) is 0 Å². The Bertz CT molecular complexity index is 101. The Morgan fingerprint density at radius 1 is 1.75 bits per heavy atom. The van der Waals surface area contributed by atoms with Crippen molar-refractivity contribution in [3.8, 4) is 6.07 Å². The van der Waals surface area contributed by atoms with Crippen LogP contribution in [-0.2, 0) is 0 Å². The van der Waals surface area contributed by atoms with Crippen LogP contribution in [0.25, 0.3) is 0 Å². The average Bonchev–Trinajstić information content (AvgIpc) is 1.84. The number of hydrogen-bond donors (Lipinski definition) is 2. The molecule has 0 aromatic heterocycles. The van der Waals surface area contributed by atoms with E-state index in [9.17, 15) is 0 Å². The summed E-state index contributed by atoms with van der Waals surface area (Å²) in [7, 11) is 0. The zero-order valence-corrected chi connectivity index (χ0v) is 5.67. The predicted octanol–water partition coefficient (Wildman–Crippen LogP) is -0.373. The Hall–Kier alpha value is -0.110. The molecule has 0 aromatic carbocycles. The van der Waals surface area contributed by atoms with Gasteiger partial charge in [0.15, 0.2) is 6.10 Å². The highest BCUT2D eigenvalue weighted by atomic mass is 79.9. The zero-order chi connectivity index (χ0) is 6.57. The first-order chi connectivity index (χ1) is 3.72. The first-order valence-corrected chi connectivity index (χ1v) is 2.96. The third-order valence-electron chi connectivity index (χ3n) is 0.649. The second kappa shape index (κ2) is 3.84. The minimum Gasteiger partial charge on any atom is -0.395 e. The van der Waals surface area contributed by atoms with Crippen molar-refractivity contribution in [2.24, 2.45) is 0 Å². The van der Waals surface area contributed by atoms with Crippen molar-refractivity contribution in [1.82, 2.24) is 0 Å². The van der Waals surface area contributed by atoms with Crippen molar-refractivity contribution < 1.29 is 10.2 Å². The van der Waals surface area contributed by atoms with Crippen LogP contribution in [0.4, 0.5) is 0 Å². The molecule has 0 saturated carbocycles. The summed E-state index contributed by atoms with van der Waals surface area (Å²) in [6.07, 6.45) is -1.11. The molecule has 0 fully saturated rings. The number of nitriles is 1. The van der Waals surface area contributed by atoms with Gasteiger partial charge in [-0.1, -0.05) is 15.9 Å². The Kier molecular flexibility index (Phi) is 3.79. The van der Waals surface area contributed by atoms with Gasteiger partial charge in [0, 0.05) is 0 Å². The fourth-order valence-corrected chi connectivity index (χ4v) is 0.299. The van der Waals surface area contributed by atoms with Crippen molar-refractivity contribution in [2.75, 3.05) is 6.61 Å². The number of alkyl halides is 1. The maximum absolute atomic E-state index is 8.56. The van der Waals surface area contributed by atoms with E-state index in [1.165, 1.54) is 0 Å². The van der Waals surface area contributed by atoms with Crippen LogP contribution in [0.1, 0.15) is 0 Å². The lowest BCUT2D eigenvalue weighted by molar-refractivity contribution is 0.185. The lowest BCUT2D eigenvalue weighted by Crippen LogP contribution is -2.21. The van der Waals surface area contributed by atoms with E-state index in [-0.39, 0.29) is 6.61 Å². The Labute approximate surface area is 55.7 Å². The Morgan fingerprint density at radius 3 is 2.38 bits per heavy atom. The van der Waals surface area contributed by atoms with Crippen LogP contribution in [0.15, 0.2) is 0 Å². The summed E-state index contributed by atoms with van der Waals surface area (Å²) < 4.78 is 0. The molecule has 0 aliphatic rings. The van der Waals surface area contributed by atoms with E-state index in [0.29, 0.717) is 0 Å². The van der Waals surface area contributed by atoms with Crippen LogP contribution in [0.5, 0.6) is 0 Å². The van der Waals surface area contributed by atoms with E-state index < -0.39 is 10.9 Å². The van der Waals surface area contributed by atoms with Gasteiger partial charge in [-0.25, -0.2) is 0 Å². The second-order valence-electron chi connectivity index (χ2n) is 1.27. The van der Waals surface area contributed by atoms with Gasteiger partial charge in [-0.05, 0) is 0 Å². The maximum atomic E-state index is 8.56. The third kappa shape index (κ3) is 2.26. The molecule has 46 valence electrons. The van der Waals surface area contributed by atoms with Gasteiger partial charge in [-0.3, -0.25) is 0 Å². The molecule has 0 rings (SSSR count). The van der Waals surface area contributed by atoms with E-state index in [4.69, 9.17) is 15.5 Å². The van der Waals surface area contributed by atoms with Gasteiger partial charge in [0.25, 0.3) is 0 Å². The highest BCUT2D eigenvalue weighted by Gasteiger charge is 2.12. The second-order valence-corrected chi connectivity index (χ2v) is 2.45. The summed E-state index contributed by atoms with van der Waals surface area (Å²) in [4.78, 5) is -0.521. The molecule has 0 aromatic rings. The van der Waals surface area contributed by atoms with Crippen molar-refractivity contribution in [1.29, 1.82) is 5.26 Å². The molecular weight excluding hydrogens is 174 g/mol. The van der Waals surface area contributed by atoms with E-state index in [2.05, 4.69) is 15.9 Å². The molecule has 2 N–H and O–H groups in total. The van der Waals surface area contributed by atoms with Crippen molar-refractivity contribution in [2.45, 2.75) is 10.9 Å². The Balaban J connectivity index is 3.49. The molecule has 3 nitrogen and oxygen atoms in total. The van der Waals surface area contributed by atoms with Gasteiger partial charge in [0.2, 0.25) is 0 Å². The summed E-state index contributed by atoms with van der Waals surface area (Å²) in [6.45, 7) is -0.227. The van der Waals surface area contributed by atoms with Gasteiger partial charge in [0.05, 0.1) is 17.5 Å². The highest BCUT2D eigenvalue weighted by Crippen LogP contribution is 2.02. The molecule has 0 spiro atoms. The van der Waals surface area contributed by atoms with Crippen LogP contribution in [0, 0.1) is 11.3 Å². The predicted molar refractivity (Wildman–Crippen MR) is 31.4 cm³/mol. The van der Waals surface area contributed by atoms with E-state index in [1.54, 1.807) is 6.07 Å². The third-order valence-corrected chi connectivity index (χ3v) is 1.44. The molecular formula is C4H6BrNO2. The lowest BCUT2D eigenvalue weighted by Gasteiger charge is -2.04. The topological polar surface area (TPSA) is 64.2 Å². The number of nitrogens with zero attached hydrogens (tertiary/aromatic N) is 1. The molecule has 0 unspecified atom stereocenters. The smallest absolute Gasteiger partial charge is 0.155 e. The molecule has 0 saturated heterocycles. The van der Waals surface area contributed by atoms with Crippen LogP contribution in [0.2, 0.25) is 0 Å². The van der Waals surface area contributed by atoms with E-state index in [1.807, 2.05) is 0 Å². The van der Waals surface area contributed by atoms with Gasteiger partial charge in [-0.15, -0.1) is 0 Å². The van der Waals surface area contributed by atoms with Gasteiger partial charge < -0.3 is 10.2 Å². The van der Waals surface area contributed by atoms with Crippen LogP contribution < -0.4 is 0 Å². The van der Waals surface area contributed by atoms with Crippen molar-refractivity contribution in [3.63, 3.8) is 0 Å². The zero-order valence-electron chi connectivity index (χ0n) is 4.08. The summed E-state index contributed by atoms with van der Waals surface area (Å²) in [5, 5.41) is 24.8. The molecule has 0 radical (unpaired) electrons. The molecule has 0 heterocycles. The summed E-state index contributed by atoms with van der Waals surface area (Å²) >= 11 is 2.88. The molecule has 2 atom stereocenters. The number of halogens is 1. The van der Waals surface area contributed by atoms with Crippen molar-refractivity contribution >= 4 is 15.9 Å². The minimum atomic E-state index is -1.11. The SMILES string of the molecule is N#C[C@@H](O)[C@H](Br)CO. The van der Waals surface area contributed by atoms with Crippen molar-refractivity contribution in [3.05, 3.63) is 0 Å². The average molecular weight is 180 g/mol. The molecule has 0 bridgehead atoms. The van der Waals surface area contributed by atoms with Crippen LogP contribution in [0.3, 0.4) is 0 Å². The van der Waals surface area contributed by atoms with Gasteiger partial charge in [0.1, 0.15) is 0 Å². The number of aliphatic hydroxyl groups excluding tert-OH is 2. The summed E-state index contributed by atoms with van der Waals surface area (Å²) in [5.74, 6) is 0. The largest absolute Gasteiger partial charge is 0.395 e. The molecule has 8 heavy (non-hydrogen) atoms. The molecule has 0 aliphatic carbocycles. The minimum absolute atomic E-state index is 0.227. The lowest BCUT2D eigenvalue weighted by atomic mass is 10.3. The number of rotatable bonds is 2. The fraction of sp³-hybridized carbons (Fsp3) is 0.750. The quantitative estimate of drug-likeness (QED) is 0.450. The standard InChI is InChI=1S/C4H6BrNO2/c5-3(2-7)4(8)1-6/h3-4,7-8H,2H2/t3-,4-/m1/s1. The summed E-state index contributed by atoms with van der Waals surface area (Å²) in [6, 6.07) is 1.56.